The van der Waals surface area contributed by atoms with Crippen LogP contribution in [0.25, 0.3) is 0 Å². The molecule has 3 rings (SSSR count). The molecule has 33 heavy (non-hydrogen) atoms. The van der Waals surface area contributed by atoms with Gasteiger partial charge in [-0.1, -0.05) is 60.7 Å². The van der Waals surface area contributed by atoms with Crippen LogP contribution in [0.2, 0.25) is 0 Å². The number of carbonyl (C=O) groups is 3. The van der Waals surface area contributed by atoms with Crippen LogP contribution in [0.4, 0.5) is 0 Å². The molecule has 0 bridgehead atoms. The Hall–Kier alpha value is -4.13. The molecule has 7 heteroatoms. The number of carboxylic acids is 1. The van der Waals surface area contributed by atoms with Crippen LogP contribution in [-0.2, 0) is 22.4 Å². The molecule has 3 N–H and O–H groups in total. The monoisotopic (exact) mass is 446 g/mol. The minimum Gasteiger partial charge on any atom is -0.497 e. The van der Waals surface area contributed by atoms with Crippen molar-refractivity contribution in [1.29, 1.82) is 0 Å². The number of amides is 2. The average molecular weight is 447 g/mol. The van der Waals surface area contributed by atoms with Gasteiger partial charge in [0.05, 0.1) is 7.11 Å². The third kappa shape index (κ3) is 6.93. The van der Waals surface area contributed by atoms with E-state index >= 15 is 0 Å². The van der Waals surface area contributed by atoms with E-state index in [1.165, 1.54) is 7.11 Å². The normalized spacial score (nSPS) is 12.3. The third-order valence-electron chi connectivity index (χ3n) is 5.15. The predicted octanol–water partition coefficient (Wildman–Crippen LogP) is 2.85. The molecule has 0 aliphatic heterocycles. The highest BCUT2D eigenvalue weighted by molar-refractivity contribution is 5.98. The summed E-state index contributed by atoms with van der Waals surface area (Å²) in [4.78, 5) is 37.7. The predicted molar refractivity (Wildman–Crippen MR) is 124 cm³/mol. The third-order valence-corrected chi connectivity index (χ3v) is 5.15. The van der Waals surface area contributed by atoms with Gasteiger partial charge in [-0.15, -0.1) is 0 Å². The maximum absolute atomic E-state index is 13.1. The zero-order valence-corrected chi connectivity index (χ0v) is 18.2. The summed E-state index contributed by atoms with van der Waals surface area (Å²) in [6.07, 6.45) is 0.346. The number of carboxylic acid groups (broad SMARTS) is 1. The molecule has 0 aromatic heterocycles. The molecule has 0 aliphatic rings. The Bertz CT molecular complexity index is 1070. The molecule has 0 fully saturated rings. The lowest BCUT2D eigenvalue weighted by atomic mass is 10.0. The summed E-state index contributed by atoms with van der Waals surface area (Å²) in [7, 11) is 1.53. The van der Waals surface area contributed by atoms with E-state index in [1.807, 2.05) is 48.5 Å². The lowest BCUT2D eigenvalue weighted by Gasteiger charge is -2.22. The van der Waals surface area contributed by atoms with Crippen molar-refractivity contribution < 1.29 is 24.2 Å². The van der Waals surface area contributed by atoms with Crippen molar-refractivity contribution in [3.8, 4) is 5.75 Å². The summed E-state index contributed by atoms with van der Waals surface area (Å²) in [6.45, 7) is 0. The van der Waals surface area contributed by atoms with Crippen LogP contribution in [0.3, 0.4) is 0 Å². The summed E-state index contributed by atoms with van der Waals surface area (Å²) in [5.74, 6) is -1.55. The molecule has 3 aromatic carbocycles. The summed E-state index contributed by atoms with van der Waals surface area (Å²) in [5, 5.41) is 15.0. The second kappa shape index (κ2) is 11.5. The van der Waals surface area contributed by atoms with Crippen molar-refractivity contribution in [1.82, 2.24) is 10.6 Å². The van der Waals surface area contributed by atoms with Gasteiger partial charge in [-0.05, 0) is 35.4 Å². The zero-order valence-electron chi connectivity index (χ0n) is 18.2. The van der Waals surface area contributed by atoms with Gasteiger partial charge in [-0.3, -0.25) is 9.59 Å². The highest BCUT2D eigenvalue weighted by atomic mass is 16.5. The van der Waals surface area contributed by atoms with Crippen molar-refractivity contribution in [3.63, 3.8) is 0 Å². The van der Waals surface area contributed by atoms with E-state index in [0.29, 0.717) is 11.3 Å². The quantitative estimate of drug-likeness (QED) is 0.444. The molecule has 170 valence electrons. The molecule has 2 atom stereocenters. The van der Waals surface area contributed by atoms with Crippen LogP contribution in [0.5, 0.6) is 5.75 Å². The van der Waals surface area contributed by atoms with Gasteiger partial charge >= 0.3 is 5.97 Å². The highest BCUT2D eigenvalue weighted by Crippen LogP contribution is 2.12. The van der Waals surface area contributed by atoms with Gasteiger partial charge in [0.25, 0.3) is 5.91 Å². The minimum absolute atomic E-state index is 0.131. The molecular weight excluding hydrogens is 420 g/mol. The van der Waals surface area contributed by atoms with Gasteiger partial charge in [-0.2, -0.15) is 0 Å². The van der Waals surface area contributed by atoms with Gasteiger partial charge in [0, 0.05) is 18.4 Å². The van der Waals surface area contributed by atoms with Crippen LogP contribution in [0.15, 0.2) is 84.9 Å². The second-order valence-electron chi connectivity index (χ2n) is 7.53. The number of ether oxygens (including phenoxy) is 1. The number of rotatable bonds is 10. The molecule has 0 saturated carbocycles. The van der Waals surface area contributed by atoms with Crippen molar-refractivity contribution in [2.24, 2.45) is 0 Å². The fourth-order valence-electron chi connectivity index (χ4n) is 3.37. The van der Waals surface area contributed by atoms with E-state index in [1.54, 1.807) is 36.4 Å². The first kappa shape index (κ1) is 23.5. The first-order valence-electron chi connectivity index (χ1n) is 10.5. The van der Waals surface area contributed by atoms with Crippen molar-refractivity contribution in [2.75, 3.05) is 7.11 Å². The first-order valence-corrected chi connectivity index (χ1v) is 10.5. The molecule has 3 aromatic rings. The topological polar surface area (TPSA) is 105 Å². The lowest BCUT2D eigenvalue weighted by molar-refractivity contribution is -0.142. The number of nitrogens with one attached hydrogen (secondary N) is 2. The van der Waals surface area contributed by atoms with Crippen molar-refractivity contribution >= 4 is 17.8 Å². The Labute approximate surface area is 192 Å². The van der Waals surface area contributed by atoms with Crippen LogP contribution in [0.1, 0.15) is 21.5 Å². The van der Waals surface area contributed by atoms with E-state index in [9.17, 15) is 19.5 Å². The van der Waals surface area contributed by atoms with E-state index in [2.05, 4.69) is 10.6 Å². The largest absolute Gasteiger partial charge is 0.497 e. The lowest BCUT2D eigenvalue weighted by Crippen LogP contribution is -2.53. The number of hydrogen-bond acceptors (Lipinski definition) is 4. The van der Waals surface area contributed by atoms with Crippen LogP contribution in [-0.4, -0.2) is 42.1 Å². The fourth-order valence-corrected chi connectivity index (χ4v) is 3.37. The molecule has 0 radical (unpaired) electrons. The molecule has 0 saturated heterocycles. The molecule has 7 nitrogen and oxygen atoms in total. The Morgan fingerprint density at radius 3 is 1.76 bits per heavy atom. The number of methoxy groups -OCH3 is 1. The van der Waals surface area contributed by atoms with Crippen LogP contribution < -0.4 is 15.4 Å². The maximum Gasteiger partial charge on any atom is 0.326 e. The van der Waals surface area contributed by atoms with Crippen LogP contribution >= 0.6 is 0 Å². The van der Waals surface area contributed by atoms with Gasteiger partial charge in [-0.25, -0.2) is 4.79 Å². The summed E-state index contributed by atoms with van der Waals surface area (Å²) >= 11 is 0. The van der Waals surface area contributed by atoms with Gasteiger partial charge in [0.1, 0.15) is 17.8 Å². The Morgan fingerprint density at radius 1 is 0.758 bits per heavy atom. The molecular formula is C26H26N2O5. The fraction of sp³-hybridized carbons (Fsp3) is 0.192. The van der Waals surface area contributed by atoms with E-state index in [-0.39, 0.29) is 12.8 Å². The maximum atomic E-state index is 13.1. The van der Waals surface area contributed by atoms with Crippen molar-refractivity contribution in [3.05, 3.63) is 102 Å². The number of benzene rings is 3. The van der Waals surface area contributed by atoms with Crippen molar-refractivity contribution in [2.45, 2.75) is 24.9 Å². The molecule has 0 unspecified atom stereocenters. The minimum atomic E-state index is -1.15. The van der Waals surface area contributed by atoms with Gasteiger partial charge in [0.15, 0.2) is 0 Å². The second-order valence-corrected chi connectivity index (χ2v) is 7.53. The highest BCUT2D eigenvalue weighted by Gasteiger charge is 2.27. The van der Waals surface area contributed by atoms with E-state index < -0.39 is 29.9 Å². The standard InChI is InChI=1S/C26H26N2O5/c1-33-21-14-12-20(13-15-21)24(29)27-22(16-18-8-4-2-5-9-18)25(30)28-23(26(31)32)17-19-10-6-3-7-11-19/h2-15,22-23H,16-17H2,1H3,(H,27,29)(H,28,30)(H,31,32)/t22-,23-/m0/s1. The van der Waals surface area contributed by atoms with E-state index in [0.717, 1.165) is 11.1 Å². The summed E-state index contributed by atoms with van der Waals surface area (Å²) < 4.78 is 5.11. The molecule has 0 aliphatic carbocycles. The summed E-state index contributed by atoms with van der Waals surface area (Å²) in [6, 6.07) is 22.7. The Balaban J connectivity index is 1.77. The smallest absolute Gasteiger partial charge is 0.326 e. The number of carbonyl (C=O) groups excluding carboxylic acids is 2. The SMILES string of the molecule is COc1ccc(C(=O)N[C@@H](Cc2ccccc2)C(=O)N[C@@H](Cc2ccccc2)C(=O)O)cc1. The molecule has 2 amide bonds. The number of hydrogen-bond donors (Lipinski definition) is 3. The van der Waals surface area contributed by atoms with Crippen LogP contribution in [0, 0.1) is 0 Å². The molecule has 0 spiro atoms. The first-order chi connectivity index (χ1) is 16.0. The zero-order chi connectivity index (χ0) is 23.6. The Kier molecular flexibility index (Phi) is 8.18. The number of aliphatic carboxylic acids is 1. The van der Waals surface area contributed by atoms with E-state index in [4.69, 9.17) is 4.74 Å². The average Bonchev–Trinajstić information content (AvgIpc) is 2.84. The van der Waals surface area contributed by atoms with Gasteiger partial charge in [0.2, 0.25) is 5.91 Å². The Morgan fingerprint density at radius 2 is 1.27 bits per heavy atom. The summed E-state index contributed by atoms with van der Waals surface area (Å²) in [5.41, 5.74) is 1.98. The molecule has 0 heterocycles. The van der Waals surface area contributed by atoms with Gasteiger partial charge < -0.3 is 20.5 Å².